The van der Waals surface area contributed by atoms with Crippen molar-refractivity contribution in [3.63, 3.8) is 0 Å². The van der Waals surface area contributed by atoms with E-state index in [-0.39, 0.29) is 0 Å². The molecule has 0 N–H and O–H groups in total. The third-order valence-electron chi connectivity index (χ3n) is 1.88. The Labute approximate surface area is 64.4 Å². The van der Waals surface area contributed by atoms with E-state index < -0.39 is 0 Å². The first-order chi connectivity index (χ1) is 5.42. The summed E-state index contributed by atoms with van der Waals surface area (Å²) in [6.45, 7) is 1.74. The summed E-state index contributed by atoms with van der Waals surface area (Å²) in [5, 5.41) is 4.07. The summed E-state index contributed by atoms with van der Waals surface area (Å²) in [6, 6.07) is 1.85. The van der Waals surface area contributed by atoms with Gasteiger partial charge in [-0.3, -0.25) is 9.69 Å². The van der Waals surface area contributed by atoms with Gasteiger partial charge in [-0.1, -0.05) is 0 Å². The molecule has 0 radical (unpaired) electrons. The van der Waals surface area contributed by atoms with E-state index in [9.17, 15) is 4.79 Å². The van der Waals surface area contributed by atoms with E-state index >= 15 is 0 Å². The Hall–Kier alpha value is -1.32. The molecule has 0 spiro atoms. The Bertz CT molecular complexity index is 268. The topological polar surface area (TPSA) is 38.1 Å². The molecular weight excluding hydrogens is 142 g/mol. The van der Waals surface area contributed by atoms with Crippen molar-refractivity contribution in [1.29, 1.82) is 0 Å². The summed E-state index contributed by atoms with van der Waals surface area (Å²) in [5.74, 6) is 0.909. The minimum absolute atomic E-state index is 0.815. The molecule has 0 saturated heterocycles. The van der Waals surface area contributed by atoms with E-state index in [4.69, 9.17) is 0 Å². The summed E-state index contributed by atoms with van der Waals surface area (Å²) in [7, 11) is 0. The molecule has 4 heteroatoms. The van der Waals surface area contributed by atoms with Crippen molar-refractivity contribution >= 4 is 12.2 Å². The number of fused-ring (bicyclic) bond motifs is 1. The van der Waals surface area contributed by atoms with Gasteiger partial charge in [0.15, 0.2) is 0 Å². The van der Waals surface area contributed by atoms with Crippen LogP contribution in [0.15, 0.2) is 12.3 Å². The SMILES string of the molecule is O=CN1CCCn2nccc21. The first kappa shape index (κ1) is 6.39. The van der Waals surface area contributed by atoms with Crippen LogP contribution in [-0.2, 0) is 11.3 Å². The van der Waals surface area contributed by atoms with Gasteiger partial charge in [-0.15, -0.1) is 0 Å². The molecule has 1 aliphatic heterocycles. The van der Waals surface area contributed by atoms with Crippen LogP contribution in [0.1, 0.15) is 6.42 Å². The average molecular weight is 151 g/mol. The number of hydrogen-bond acceptors (Lipinski definition) is 2. The van der Waals surface area contributed by atoms with Gasteiger partial charge in [0.25, 0.3) is 0 Å². The lowest BCUT2D eigenvalue weighted by atomic mass is 10.3. The fourth-order valence-corrected chi connectivity index (χ4v) is 1.35. The van der Waals surface area contributed by atoms with E-state index in [2.05, 4.69) is 5.10 Å². The van der Waals surface area contributed by atoms with E-state index in [1.165, 1.54) is 0 Å². The molecular formula is C7H9N3O. The summed E-state index contributed by atoms with van der Waals surface area (Å²) < 4.78 is 1.85. The van der Waals surface area contributed by atoms with Crippen molar-refractivity contribution in [2.75, 3.05) is 11.4 Å². The number of anilines is 1. The highest BCUT2D eigenvalue weighted by atomic mass is 16.1. The molecule has 0 aromatic carbocycles. The highest BCUT2D eigenvalue weighted by Gasteiger charge is 2.15. The number of rotatable bonds is 1. The molecule has 0 bridgehead atoms. The third kappa shape index (κ3) is 0.906. The van der Waals surface area contributed by atoms with Gasteiger partial charge in [-0.2, -0.15) is 5.10 Å². The molecule has 0 saturated carbocycles. The Balaban J connectivity index is 2.39. The van der Waals surface area contributed by atoms with Crippen molar-refractivity contribution in [1.82, 2.24) is 9.78 Å². The highest BCUT2D eigenvalue weighted by molar-refractivity contribution is 5.73. The largest absolute Gasteiger partial charge is 0.300 e. The van der Waals surface area contributed by atoms with Gasteiger partial charge in [-0.25, -0.2) is 4.68 Å². The zero-order valence-corrected chi connectivity index (χ0v) is 6.10. The number of aromatic nitrogens is 2. The van der Waals surface area contributed by atoms with Crippen LogP contribution < -0.4 is 4.90 Å². The zero-order chi connectivity index (χ0) is 7.68. The number of nitrogens with zero attached hydrogens (tertiary/aromatic N) is 3. The van der Waals surface area contributed by atoms with Gasteiger partial charge in [-0.05, 0) is 6.42 Å². The van der Waals surface area contributed by atoms with Crippen LogP contribution in [-0.4, -0.2) is 22.7 Å². The monoisotopic (exact) mass is 151 g/mol. The standard InChI is InChI=1S/C7H9N3O/c11-6-9-4-1-5-10-7(9)2-3-8-10/h2-3,6H,1,4-5H2. The number of amides is 1. The van der Waals surface area contributed by atoms with Gasteiger partial charge in [0.05, 0.1) is 6.20 Å². The zero-order valence-electron chi connectivity index (χ0n) is 6.10. The Morgan fingerprint density at radius 3 is 3.27 bits per heavy atom. The number of hydrogen-bond donors (Lipinski definition) is 0. The minimum Gasteiger partial charge on any atom is -0.300 e. The van der Waals surface area contributed by atoms with Crippen molar-refractivity contribution in [3.8, 4) is 0 Å². The molecule has 58 valence electrons. The molecule has 2 rings (SSSR count). The highest BCUT2D eigenvalue weighted by Crippen LogP contribution is 2.16. The second kappa shape index (κ2) is 2.38. The molecule has 2 heterocycles. The molecule has 1 aromatic rings. The first-order valence-electron chi connectivity index (χ1n) is 3.65. The molecule has 11 heavy (non-hydrogen) atoms. The summed E-state index contributed by atoms with van der Waals surface area (Å²) >= 11 is 0. The Kier molecular flexibility index (Phi) is 1.38. The lowest BCUT2D eigenvalue weighted by molar-refractivity contribution is -0.107. The molecule has 0 atom stereocenters. The van der Waals surface area contributed by atoms with E-state index in [0.717, 1.165) is 31.7 Å². The normalized spacial score (nSPS) is 16.2. The molecule has 1 aromatic heterocycles. The van der Waals surface area contributed by atoms with E-state index in [1.54, 1.807) is 11.1 Å². The predicted molar refractivity (Wildman–Crippen MR) is 40.3 cm³/mol. The molecule has 0 fully saturated rings. The maximum absolute atomic E-state index is 10.5. The summed E-state index contributed by atoms with van der Waals surface area (Å²) in [6.07, 6.45) is 3.57. The lowest BCUT2D eigenvalue weighted by Gasteiger charge is -2.23. The van der Waals surface area contributed by atoms with Crippen molar-refractivity contribution in [3.05, 3.63) is 12.3 Å². The van der Waals surface area contributed by atoms with Crippen LogP contribution >= 0.6 is 0 Å². The van der Waals surface area contributed by atoms with Crippen molar-refractivity contribution < 1.29 is 4.79 Å². The van der Waals surface area contributed by atoms with Gasteiger partial charge in [0.1, 0.15) is 5.82 Å². The van der Waals surface area contributed by atoms with Gasteiger partial charge in [0.2, 0.25) is 6.41 Å². The van der Waals surface area contributed by atoms with Crippen molar-refractivity contribution in [2.24, 2.45) is 0 Å². The second-order valence-corrected chi connectivity index (χ2v) is 2.56. The van der Waals surface area contributed by atoms with Crippen LogP contribution in [0.5, 0.6) is 0 Å². The molecule has 4 nitrogen and oxygen atoms in total. The predicted octanol–water partition coefficient (Wildman–Crippen LogP) is 0.250. The molecule has 1 amide bonds. The number of aryl methyl sites for hydroxylation is 1. The summed E-state index contributed by atoms with van der Waals surface area (Å²) in [5.41, 5.74) is 0. The number of carbonyl (C=O) groups excluding carboxylic acids is 1. The quantitative estimate of drug-likeness (QED) is 0.539. The fourth-order valence-electron chi connectivity index (χ4n) is 1.35. The molecule has 0 aliphatic carbocycles. The lowest BCUT2D eigenvalue weighted by Crippen LogP contribution is -2.30. The van der Waals surface area contributed by atoms with E-state index in [1.807, 2.05) is 10.7 Å². The van der Waals surface area contributed by atoms with Gasteiger partial charge in [0, 0.05) is 19.2 Å². The van der Waals surface area contributed by atoms with Crippen LogP contribution in [0.4, 0.5) is 5.82 Å². The minimum atomic E-state index is 0.815. The maximum Gasteiger partial charge on any atom is 0.215 e. The average Bonchev–Trinajstić information content (AvgIpc) is 2.50. The van der Waals surface area contributed by atoms with Crippen LogP contribution in [0.2, 0.25) is 0 Å². The smallest absolute Gasteiger partial charge is 0.215 e. The van der Waals surface area contributed by atoms with Gasteiger partial charge < -0.3 is 0 Å². The molecule has 1 aliphatic rings. The Morgan fingerprint density at radius 1 is 1.55 bits per heavy atom. The first-order valence-corrected chi connectivity index (χ1v) is 3.65. The summed E-state index contributed by atoms with van der Waals surface area (Å²) in [4.78, 5) is 12.2. The van der Waals surface area contributed by atoms with Crippen LogP contribution in [0.25, 0.3) is 0 Å². The van der Waals surface area contributed by atoms with E-state index in [0.29, 0.717) is 0 Å². The Morgan fingerprint density at radius 2 is 2.45 bits per heavy atom. The van der Waals surface area contributed by atoms with Crippen molar-refractivity contribution in [2.45, 2.75) is 13.0 Å². The third-order valence-corrected chi connectivity index (χ3v) is 1.88. The number of carbonyl (C=O) groups is 1. The van der Waals surface area contributed by atoms with Crippen LogP contribution in [0, 0.1) is 0 Å². The second-order valence-electron chi connectivity index (χ2n) is 2.56. The maximum atomic E-state index is 10.5. The fraction of sp³-hybridized carbons (Fsp3) is 0.429. The van der Waals surface area contributed by atoms with Gasteiger partial charge >= 0.3 is 0 Å². The molecule has 0 unspecified atom stereocenters. The van der Waals surface area contributed by atoms with Crippen LogP contribution in [0.3, 0.4) is 0 Å².